The van der Waals surface area contributed by atoms with Gasteiger partial charge in [-0.25, -0.2) is 0 Å². The minimum atomic E-state index is 0.258. The zero-order valence-electron chi connectivity index (χ0n) is 13.7. The highest BCUT2D eigenvalue weighted by atomic mass is 16.2. The van der Waals surface area contributed by atoms with Crippen LogP contribution in [0.15, 0.2) is 30.3 Å². The maximum Gasteiger partial charge on any atom is 0.236 e. The molecule has 4 heteroatoms. The van der Waals surface area contributed by atoms with Crippen LogP contribution in [-0.2, 0) is 11.2 Å². The summed E-state index contributed by atoms with van der Waals surface area (Å²) in [4.78, 5) is 16.8. The molecular weight excluding hydrogens is 274 g/mol. The zero-order valence-corrected chi connectivity index (χ0v) is 13.7. The molecule has 1 aromatic rings. The quantitative estimate of drug-likeness (QED) is 0.837. The van der Waals surface area contributed by atoms with Crippen LogP contribution in [0.25, 0.3) is 0 Å². The SMILES string of the molecule is CC1CCCCN1C(=O)CN(CCN)CCc1ccccc1. The van der Waals surface area contributed by atoms with Crippen LogP contribution < -0.4 is 5.73 Å². The van der Waals surface area contributed by atoms with Crippen LogP contribution in [0.2, 0.25) is 0 Å². The zero-order chi connectivity index (χ0) is 15.8. The molecule has 122 valence electrons. The predicted molar refractivity (Wildman–Crippen MR) is 90.7 cm³/mol. The van der Waals surface area contributed by atoms with Crippen molar-refractivity contribution in [1.29, 1.82) is 0 Å². The van der Waals surface area contributed by atoms with Gasteiger partial charge < -0.3 is 10.6 Å². The summed E-state index contributed by atoms with van der Waals surface area (Å²) in [5.74, 6) is 0.258. The van der Waals surface area contributed by atoms with Gasteiger partial charge in [-0.15, -0.1) is 0 Å². The lowest BCUT2D eigenvalue weighted by Gasteiger charge is -2.35. The van der Waals surface area contributed by atoms with Gasteiger partial charge in [0.2, 0.25) is 5.91 Å². The van der Waals surface area contributed by atoms with E-state index in [4.69, 9.17) is 5.73 Å². The third-order valence-corrected chi connectivity index (χ3v) is 4.49. The highest BCUT2D eigenvalue weighted by Crippen LogP contribution is 2.16. The molecule has 0 aliphatic carbocycles. The molecule has 1 aromatic carbocycles. The van der Waals surface area contributed by atoms with Gasteiger partial charge in [-0.3, -0.25) is 9.69 Å². The predicted octanol–water partition coefficient (Wildman–Crippen LogP) is 1.89. The first-order chi connectivity index (χ1) is 10.7. The van der Waals surface area contributed by atoms with Crippen LogP contribution in [0.4, 0.5) is 0 Å². The molecule has 1 fully saturated rings. The van der Waals surface area contributed by atoms with Crippen LogP contribution in [-0.4, -0.2) is 54.5 Å². The van der Waals surface area contributed by atoms with Gasteiger partial charge >= 0.3 is 0 Å². The van der Waals surface area contributed by atoms with Crippen LogP contribution in [0, 0.1) is 0 Å². The third kappa shape index (κ3) is 5.11. The fourth-order valence-electron chi connectivity index (χ4n) is 3.14. The Morgan fingerprint density at radius 2 is 2.05 bits per heavy atom. The standard InChI is InChI=1S/C18H29N3O/c1-16-7-5-6-12-21(16)18(22)15-20(14-11-19)13-10-17-8-3-2-4-9-17/h2-4,8-9,16H,5-7,10-15,19H2,1H3. The largest absolute Gasteiger partial charge is 0.339 e. The van der Waals surface area contributed by atoms with Gasteiger partial charge in [0.1, 0.15) is 0 Å². The second-order valence-electron chi connectivity index (χ2n) is 6.23. The van der Waals surface area contributed by atoms with E-state index in [9.17, 15) is 4.79 Å². The van der Waals surface area contributed by atoms with Crippen molar-refractivity contribution in [1.82, 2.24) is 9.80 Å². The molecule has 0 radical (unpaired) electrons. The van der Waals surface area contributed by atoms with E-state index in [1.807, 2.05) is 6.07 Å². The van der Waals surface area contributed by atoms with Crippen LogP contribution in [0.1, 0.15) is 31.7 Å². The van der Waals surface area contributed by atoms with Crippen molar-refractivity contribution in [2.24, 2.45) is 5.73 Å². The van der Waals surface area contributed by atoms with E-state index in [1.165, 1.54) is 12.0 Å². The maximum atomic E-state index is 12.5. The molecule has 22 heavy (non-hydrogen) atoms. The molecule has 0 spiro atoms. The number of benzene rings is 1. The summed E-state index contributed by atoms with van der Waals surface area (Å²) in [5, 5.41) is 0. The Hall–Kier alpha value is -1.39. The van der Waals surface area contributed by atoms with E-state index in [1.54, 1.807) is 0 Å². The van der Waals surface area contributed by atoms with Gasteiger partial charge in [-0.2, -0.15) is 0 Å². The molecule has 0 bridgehead atoms. The summed E-state index contributed by atoms with van der Waals surface area (Å²) in [6, 6.07) is 10.8. The van der Waals surface area contributed by atoms with Gasteiger partial charge in [0.15, 0.2) is 0 Å². The minimum Gasteiger partial charge on any atom is -0.339 e. The normalized spacial score (nSPS) is 18.7. The number of hydrogen-bond acceptors (Lipinski definition) is 3. The van der Waals surface area contributed by atoms with Crippen molar-refractivity contribution in [3.63, 3.8) is 0 Å². The lowest BCUT2D eigenvalue weighted by molar-refractivity contribution is -0.135. The van der Waals surface area contributed by atoms with Gasteiger partial charge in [0, 0.05) is 32.2 Å². The van der Waals surface area contributed by atoms with Gasteiger partial charge in [-0.1, -0.05) is 30.3 Å². The second-order valence-corrected chi connectivity index (χ2v) is 6.23. The molecule has 4 nitrogen and oxygen atoms in total. The van der Waals surface area contributed by atoms with Gasteiger partial charge in [0.25, 0.3) is 0 Å². The smallest absolute Gasteiger partial charge is 0.236 e. The number of carbonyl (C=O) groups excluding carboxylic acids is 1. The van der Waals surface area contributed by atoms with E-state index < -0.39 is 0 Å². The van der Waals surface area contributed by atoms with Crippen LogP contribution >= 0.6 is 0 Å². The Labute approximate surface area is 134 Å². The Balaban J connectivity index is 1.86. The minimum absolute atomic E-state index is 0.258. The Morgan fingerprint density at radius 3 is 2.73 bits per heavy atom. The fraction of sp³-hybridized carbons (Fsp3) is 0.611. The summed E-state index contributed by atoms with van der Waals surface area (Å²) < 4.78 is 0. The molecule has 2 rings (SSSR count). The molecule has 1 unspecified atom stereocenters. The number of likely N-dealkylation sites (tertiary alicyclic amines) is 1. The third-order valence-electron chi connectivity index (χ3n) is 4.49. The van der Waals surface area contributed by atoms with Crippen LogP contribution in [0.3, 0.4) is 0 Å². The first-order valence-corrected chi connectivity index (χ1v) is 8.46. The Kier molecular flexibility index (Phi) is 6.87. The number of nitrogens with two attached hydrogens (primary N) is 1. The topological polar surface area (TPSA) is 49.6 Å². The fourth-order valence-corrected chi connectivity index (χ4v) is 3.14. The van der Waals surface area contributed by atoms with Crippen molar-refractivity contribution < 1.29 is 4.79 Å². The first kappa shape index (κ1) is 17.0. The molecule has 1 aliphatic rings. The first-order valence-electron chi connectivity index (χ1n) is 8.46. The van der Waals surface area contributed by atoms with Gasteiger partial charge in [0.05, 0.1) is 6.54 Å². The monoisotopic (exact) mass is 303 g/mol. The number of piperidine rings is 1. The summed E-state index contributed by atoms with van der Waals surface area (Å²) in [7, 11) is 0. The highest BCUT2D eigenvalue weighted by molar-refractivity contribution is 5.78. The van der Waals surface area contributed by atoms with Crippen molar-refractivity contribution in [3.05, 3.63) is 35.9 Å². The van der Waals surface area contributed by atoms with E-state index in [-0.39, 0.29) is 5.91 Å². The van der Waals surface area contributed by atoms with Crippen LogP contribution in [0.5, 0.6) is 0 Å². The molecule has 0 aromatic heterocycles. The van der Waals surface area contributed by atoms with E-state index >= 15 is 0 Å². The molecule has 1 heterocycles. The molecule has 1 amide bonds. The Morgan fingerprint density at radius 1 is 1.27 bits per heavy atom. The number of nitrogens with zero attached hydrogens (tertiary/aromatic N) is 2. The number of amides is 1. The molecular formula is C18H29N3O. The van der Waals surface area contributed by atoms with E-state index in [0.717, 1.165) is 38.9 Å². The Bertz CT molecular complexity index is 449. The second kappa shape index (κ2) is 8.91. The molecule has 1 atom stereocenters. The average Bonchev–Trinajstić information content (AvgIpc) is 2.54. The maximum absolute atomic E-state index is 12.5. The number of carbonyl (C=O) groups is 1. The highest BCUT2D eigenvalue weighted by Gasteiger charge is 2.24. The molecule has 0 saturated carbocycles. The molecule has 1 saturated heterocycles. The lowest BCUT2D eigenvalue weighted by Crippen LogP contribution is -2.48. The summed E-state index contributed by atoms with van der Waals surface area (Å²) >= 11 is 0. The van der Waals surface area contributed by atoms with Gasteiger partial charge in [-0.05, 0) is 38.2 Å². The van der Waals surface area contributed by atoms with Crippen molar-refractivity contribution in [2.45, 2.75) is 38.6 Å². The van der Waals surface area contributed by atoms with Crippen molar-refractivity contribution in [2.75, 3.05) is 32.7 Å². The van der Waals surface area contributed by atoms with Crippen molar-refractivity contribution in [3.8, 4) is 0 Å². The summed E-state index contributed by atoms with van der Waals surface area (Å²) in [6.45, 7) is 5.82. The lowest BCUT2D eigenvalue weighted by atomic mass is 10.0. The van der Waals surface area contributed by atoms with Crippen molar-refractivity contribution >= 4 is 5.91 Å². The number of rotatable bonds is 7. The summed E-state index contributed by atoms with van der Waals surface area (Å²) in [5.41, 5.74) is 7.02. The molecule has 2 N–H and O–H groups in total. The number of hydrogen-bond donors (Lipinski definition) is 1. The average molecular weight is 303 g/mol. The summed E-state index contributed by atoms with van der Waals surface area (Å²) in [6.07, 6.45) is 4.47. The van der Waals surface area contributed by atoms with E-state index in [0.29, 0.717) is 19.1 Å². The molecule has 1 aliphatic heterocycles. The van der Waals surface area contributed by atoms with E-state index in [2.05, 4.69) is 41.0 Å².